The van der Waals surface area contributed by atoms with Crippen LogP contribution in [0, 0.1) is 0 Å². The molecular weight excluding hydrogens is 267 g/mol. The van der Waals surface area contributed by atoms with E-state index in [1.54, 1.807) is 7.11 Å². The van der Waals surface area contributed by atoms with Crippen molar-refractivity contribution in [2.24, 2.45) is 4.99 Å². The van der Waals surface area contributed by atoms with Gasteiger partial charge in [0.2, 0.25) is 0 Å². The summed E-state index contributed by atoms with van der Waals surface area (Å²) in [5, 5.41) is 1.07. The van der Waals surface area contributed by atoms with Crippen LogP contribution in [0.1, 0.15) is 5.56 Å². The van der Waals surface area contributed by atoms with Gasteiger partial charge in [0.15, 0.2) is 0 Å². The summed E-state index contributed by atoms with van der Waals surface area (Å²) in [6.07, 6.45) is 0. The zero-order valence-electron chi connectivity index (χ0n) is 10.2. The van der Waals surface area contributed by atoms with Gasteiger partial charge >= 0.3 is 103 Å². The van der Waals surface area contributed by atoms with Crippen molar-refractivity contribution in [3.05, 3.63) is 29.8 Å². The van der Waals surface area contributed by atoms with Crippen LogP contribution in [0.15, 0.2) is 29.3 Å². The summed E-state index contributed by atoms with van der Waals surface area (Å²) in [5.74, 6) is 0.910. The zero-order chi connectivity index (χ0) is 12.0. The van der Waals surface area contributed by atoms with Gasteiger partial charge in [-0.3, -0.25) is 0 Å². The van der Waals surface area contributed by atoms with Gasteiger partial charge in [-0.1, -0.05) is 0 Å². The minimum atomic E-state index is 0.396. The van der Waals surface area contributed by atoms with E-state index in [-0.39, 0.29) is 0 Å². The molecule has 0 N–H and O–H groups in total. The second-order valence-electron chi connectivity index (χ2n) is 3.54. The summed E-state index contributed by atoms with van der Waals surface area (Å²) in [6, 6.07) is 8.24. The van der Waals surface area contributed by atoms with E-state index in [4.69, 9.17) is 4.74 Å². The molecule has 0 amide bonds. The third-order valence-corrected chi connectivity index (χ3v) is 4.79. The van der Waals surface area contributed by atoms with Crippen LogP contribution in [0.4, 0.5) is 0 Å². The summed E-state index contributed by atoms with van der Waals surface area (Å²) in [6.45, 7) is 0. The van der Waals surface area contributed by atoms with E-state index in [0.717, 1.165) is 11.1 Å². The zero-order valence-corrected chi connectivity index (χ0v) is 11.9. The van der Waals surface area contributed by atoms with E-state index in [2.05, 4.69) is 22.0 Å². The number of nitrogens with zero attached hydrogens (tertiary/aromatic N) is 2. The van der Waals surface area contributed by atoms with E-state index in [1.807, 2.05) is 33.3 Å². The summed E-state index contributed by atoms with van der Waals surface area (Å²) in [7, 11) is 7.62. The van der Waals surface area contributed by atoms with Crippen molar-refractivity contribution in [2.45, 2.75) is 5.32 Å². The Labute approximate surface area is 104 Å². The van der Waals surface area contributed by atoms with Crippen LogP contribution in [0.2, 0.25) is 0 Å². The molecule has 0 saturated carbocycles. The molecule has 0 bridgehead atoms. The van der Waals surface area contributed by atoms with Crippen molar-refractivity contribution in [3.63, 3.8) is 0 Å². The van der Waals surface area contributed by atoms with Gasteiger partial charge in [0.05, 0.1) is 0 Å². The minimum absolute atomic E-state index is 0.396. The van der Waals surface area contributed by atoms with E-state index < -0.39 is 0 Å². The number of aliphatic imine (C=N–C) groups is 1. The molecule has 1 rings (SSSR count). The normalized spacial score (nSPS) is 11.4. The quantitative estimate of drug-likeness (QED) is 0.475. The fourth-order valence-corrected chi connectivity index (χ4v) is 3.10. The Morgan fingerprint density at radius 2 is 1.94 bits per heavy atom. The molecular formula is C12H18N2OSe. The summed E-state index contributed by atoms with van der Waals surface area (Å²) in [5.41, 5.74) is 1.34. The number of ether oxygens (including phenoxy) is 1. The van der Waals surface area contributed by atoms with Gasteiger partial charge in [-0.05, 0) is 0 Å². The predicted octanol–water partition coefficient (Wildman–Crippen LogP) is 1.45. The van der Waals surface area contributed by atoms with Crippen LogP contribution < -0.4 is 4.74 Å². The Morgan fingerprint density at radius 3 is 2.38 bits per heavy atom. The average Bonchev–Trinajstić information content (AvgIpc) is 2.30. The molecule has 0 heterocycles. The van der Waals surface area contributed by atoms with Gasteiger partial charge in [0.25, 0.3) is 0 Å². The summed E-state index contributed by atoms with van der Waals surface area (Å²) < 4.78 is 6.31. The molecule has 4 heteroatoms. The first-order valence-electron chi connectivity index (χ1n) is 5.07. The molecule has 1 aromatic carbocycles. The standard InChI is InChI=1S/C12H18N2OSe/c1-13-12(14(2)3)16-9-10-5-7-11(15-4)8-6-10/h5-8H,9H2,1-4H3. The molecule has 0 spiro atoms. The van der Waals surface area contributed by atoms with Gasteiger partial charge < -0.3 is 0 Å². The Morgan fingerprint density at radius 1 is 1.31 bits per heavy atom. The second kappa shape index (κ2) is 6.56. The molecule has 0 atom stereocenters. The fraction of sp³-hybridized carbons (Fsp3) is 0.417. The first kappa shape index (κ1) is 13.1. The van der Waals surface area contributed by atoms with Gasteiger partial charge in [-0.2, -0.15) is 0 Å². The molecule has 0 aliphatic heterocycles. The number of amidine groups is 1. The number of hydrogen-bond donors (Lipinski definition) is 0. The Balaban J connectivity index is 2.54. The van der Waals surface area contributed by atoms with Gasteiger partial charge in [-0.25, -0.2) is 0 Å². The molecule has 88 valence electrons. The number of hydrogen-bond acceptors (Lipinski definition) is 2. The maximum absolute atomic E-state index is 5.13. The first-order valence-corrected chi connectivity index (χ1v) is 7.14. The van der Waals surface area contributed by atoms with Gasteiger partial charge in [-0.15, -0.1) is 0 Å². The number of methoxy groups -OCH3 is 1. The molecule has 0 aliphatic carbocycles. The number of benzene rings is 1. The Kier molecular flexibility index (Phi) is 5.36. The molecule has 0 radical (unpaired) electrons. The van der Waals surface area contributed by atoms with Crippen LogP contribution in [0.3, 0.4) is 0 Å². The molecule has 1 aromatic rings. The molecule has 0 saturated heterocycles. The van der Waals surface area contributed by atoms with Crippen LogP contribution >= 0.6 is 0 Å². The Hall–Kier alpha value is -0.991. The summed E-state index contributed by atoms with van der Waals surface area (Å²) >= 11 is 0.396. The van der Waals surface area contributed by atoms with Crippen LogP contribution in [-0.2, 0) is 5.32 Å². The SMILES string of the molecule is CN=C([Se]Cc1ccc(OC)cc1)N(C)C. The van der Waals surface area contributed by atoms with Crippen molar-refractivity contribution < 1.29 is 4.74 Å². The second-order valence-corrected chi connectivity index (χ2v) is 5.51. The van der Waals surface area contributed by atoms with Crippen molar-refractivity contribution in [3.8, 4) is 5.75 Å². The molecule has 0 aromatic heterocycles. The van der Waals surface area contributed by atoms with E-state index in [0.29, 0.717) is 15.0 Å². The van der Waals surface area contributed by atoms with Crippen molar-refractivity contribution in [1.29, 1.82) is 0 Å². The van der Waals surface area contributed by atoms with Crippen molar-refractivity contribution >= 4 is 19.7 Å². The topological polar surface area (TPSA) is 24.8 Å². The Bertz CT molecular complexity index is 347. The third kappa shape index (κ3) is 3.87. The number of rotatable bonds is 4. The molecule has 0 aliphatic rings. The van der Waals surface area contributed by atoms with Crippen LogP contribution in [-0.4, -0.2) is 52.8 Å². The first-order chi connectivity index (χ1) is 7.67. The monoisotopic (exact) mass is 286 g/mol. The van der Waals surface area contributed by atoms with Crippen molar-refractivity contribution in [2.75, 3.05) is 28.3 Å². The third-order valence-electron chi connectivity index (χ3n) is 2.10. The molecule has 16 heavy (non-hydrogen) atoms. The van der Waals surface area contributed by atoms with Crippen molar-refractivity contribution in [1.82, 2.24) is 4.90 Å². The van der Waals surface area contributed by atoms with Gasteiger partial charge in [0, 0.05) is 0 Å². The maximum atomic E-state index is 5.13. The van der Waals surface area contributed by atoms with E-state index >= 15 is 0 Å². The molecule has 3 nitrogen and oxygen atoms in total. The fourth-order valence-electron chi connectivity index (χ4n) is 1.26. The van der Waals surface area contributed by atoms with Crippen LogP contribution in [0.25, 0.3) is 0 Å². The van der Waals surface area contributed by atoms with E-state index in [1.165, 1.54) is 10.3 Å². The van der Waals surface area contributed by atoms with Crippen LogP contribution in [0.5, 0.6) is 5.75 Å². The predicted molar refractivity (Wildman–Crippen MR) is 69.5 cm³/mol. The van der Waals surface area contributed by atoms with E-state index in [9.17, 15) is 0 Å². The average molecular weight is 285 g/mol. The molecule has 0 fully saturated rings. The van der Waals surface area contributed by atoms with Gasteiger partial charge in [0.1, 0.15) is 0 Å². The molecule has 0 unspecified atom stereocenters. The summed E-state index contributed by atoms with van der Waals surface area (Å²) in [4.78, 5) is 6.37.